The third-order valence-electron chi connectivity index (χ3n) is 5.16. The van der Waals surface area contributed by atoms with Crippen molar-refractivity contribution in [1.29, 1.82) is 0 Å². The lowest BCUT2D eigenvalue weighted by Gasteiger charge is -2.25. The van der Waals surface area contributed by atoms with Crippen LogP contribution in [0, 0.1) is 0 Å². The molecule has 3 rings (SSSR count). The smallest absolute Gasteiger partial charge is 0.123 e. The minimum atomic E-state index is -0.916. The zero-order valence-electron chi connectivity index (χ0n) is 15.3. The van der Waals surface area contributed by atoms with Gasteiger partial charge in [0.05, 0.1) is 18.8 Å². The van der Waals surface area contributed by atoms with Gasteiger partial charge in [0.15, 0.2) is 0 Å². The zero-order chi connectivity index (χ0) is 18.2. The van der Waals surface area contributed by atoms with Gasteiger partial charge in [-0.15, -0.1) is 0 Å². The molecule has 1 fully saturated rings. The van der Waals surface area contributed by atoms with Gasteiger partial charge in [0, 0.05) is 25.1 Å². The Morgan fingerprint density at radius 3 is 2.54 bits per heavy atom. The van der Waals surface area contributed by atoms with E-state index < -0.39 is 5.60 Å². The summed E-state index contributed by atoms with van der Waals surface area (Å²) in [7, 11) is 0. The van der Waals surface area contributed by atoms with Crippen molar-refractivity contribution in [3.63, 3.8) is 0 Å². The highest BCUT2D eigenvalue weighted by Crippen LogP contribution is 2.25. The second-order valence-corrected chi connectivity index (χ2v) is 7.20. The maximum Gasteiger partial charge on any atom is 0.123 e. The van der Waals surface area contributed by atoms with Crippen LogP contribution in [0.1, 0.15) is 30.4 Å². The largest absolute Gasteiger partial charge is 0.493 e. The van der Waals surface area contributed by atoms with Crippen LogP contribution in [0.4, 0.5) is 0 Å². The molecule has 0 unspecified atom stereocenters. The van der Waals surface area contributed by atoms with Crippen molar-refractivity contribution in [2.75, 3.05) is 26.3 Å². The van der Waals surface area contributed by atoms with E-state index in [9.17, 15) is 10.2 Å². The molecule has 1 atom stereocenters. The van der Waals surface area contributed by atoms with Gasteiger partial charge in [0.1, 0.15) is 5.75 Å². The first-order valence-electron chi connectivity index (χ1n) is 9.49. The molecule has 26 heavy (non-hydrogen) atoms. The number of aliphatic hydroxyl groups is 2. The van der Waals surface area contributed by atoms with Crippen LogP contribution in [0.3, 0.4) is 0 Å². The highest BCUT2D eigenvalue weighted by molar-refractivity contribution is 5.33. The summed E-state index contributed by atoms with van der Waals surface area (Å²) in [6.07, 6.45) is 3.06. The predicted octanol–water partition coefficient (Wildman–Crippen LogP) is 3.02. The summed E-state index contributed by atoms with van der Waals surface area (Å²) >= 11 is 0. The van der Waals surface area contributed by atoms with Gasteiger partial charge in [-0.1, -0.05) is 48.5 Å². The average molecular weight is 355 g/mol. The molecule has 2 aromatic rings. The van der Waals surface area contributed by atoms with Crippen molar-refractivity contribution in [1.82, 2.24) is 4.90 Å². The molecule has 1 aliphatic heterocycles. The van der Waals surface area contributed by atoms with Crippen LogP contribution >= 0.6 is 0 Å². The SMILES string of the molecule is OC[C@@]1(O)CCCN(Cc2ccccc2OCCc2ccccc2)CC1. The van der Waals surface area contributed by atoms with Crippen LogP contribution in [0.15, 0.2) is 54.6 Å². The van der Waals surface area contributed by atoms with Crippen molar-refractivity contribution in [3.05, 3.63) is 65.7 Å². The van der Waals surface area contributed by atoms with E-state index >= 15 is 0 Å². The number of aliphatic hydroxyl groups excluding tert-OH is 1. The number of likely N-dealkylation sites (tertiary alicyclic amines) is 1. The van der Waals surface area contributed by atoms with Gasteiger partial charge < -0.3 is 14.9 Å². The summed E-state index contributed by atoms with van der Waals surface area (Å²) < 4.78 is 6.06. The molecule has 2 N–H and O–H groups in total. The molecule has 1 heterocycles. The van der Waals surface area contributed by atoms with Crippen LogP contribution in [0.25, 0.3) is 0 Å². The molecule has 1 aliphatic rings. The molecule has 0 aromatic heterocycles. The van der Waals surface area contributed by atoms with Crippen LogP contribution in [-0.2, 0) is 13.0 Å². The molecule has 0 amide bonds. The highest BCUT2D eigenvalue weighted by atomic mass is 16.5. The van der Waals surface area contributed by atoms with Crippen molar-refractivity contribution in [2.24, 2.45) is 0 Å². The number of para-hydroxylation sites is 1. The van der Waals surface area contributed by atoms with Crippen molar-refractivity contribution >= 4 is 0 Å². The van der Waals surface area contributed by atoms with E-state index in [2.05, 4.69) is 35.2 Å². The lowest BCUT2D eigenvalue weighted by atomic mass is 9.96. The lowest BCUT2D eigenvalue weighted by molar-refractivity contribution is -0.0255. The Kier molecular flexibility index (Phi) is 6.67. The second kappa shape index (κ2) is 9.17. The number of benzene rings is 2. The molecule has 4 heteroatoms. The van der Waals surface area contributed by atoms with Gasteiger partial charge in [0.2, 0.25) is 0 Å². The number of rotatable bonds is 7. The number of hydrogen-bond donors (Lipinski definition) is 2. The minimum absolute atomic E-state index is 0.153. The molecule has 1 saturated heterocycles. The van der Waals surface area contributed by atoms with Gasteiger partial charge in [-0.3, -0.25) is 4.90 Å². The lowest BCUT2D eigenvalue weighted by Crippen LogP contribution is -2.34. The van der Waals surface area contributed by atoms with E-state index in [1.165, 1.54) is 11.1 Å². The van der Waals surface area contributed by atoms with Crippen LogP contribution in [-0.4, -0.2) is 47.0 Å². The van der Waals surface area contributed by atoms with Gasteiger partial charge in [0.25, 0.3) is 0 Å². The zero-order valence-corrected chi connectivity index (χ0v) is 15.3. The van der Waals surface area contributed by atoms with E-state index in [0.29, 0.717) is 19.4 Å². The molecule has 4 nitrogen and oxygen atoms in total. The van der Waals surface area contributed by atoms with Crippen LogP contribution in [0.5, 0.6) is 5.75 Å². The summed E-state index contributed by atoms with van der Waals surface area (Å²) in [6.45, 7) is 3.03. The molecule has 2 aromatic carbocycles. The molecular weight excluding hydrogens is 326 g/mol. The summed E-state index contributed by atoms with van der Waals surface area (Å²) in [5, 5.41) is 19.7. The predicted molar refractivity (Wildman–Crippen MR) is 103 cm³/mol. The Labute approximate surface area is 156 Å². The molecule has 0 spiro atoms. The van der Waals surface area contributed by atoms with Crippen molar-refractivity contribution < 1.29 is 14.9 Å². The van der Waals surface area contributed by atoms with E-state index in [-0.39, 0.29) is 6.61 Å². The van der Waals surface area contributed by atoms with E-state index in [0.717, 1.165) is 38.2 Å². The standard InChI is InChI=1S/C22H29NO3/c24-18-22(25)12-6-14-23(15-13-22)17-20-9-4-5-10-21(20)26-16-11-19-7-2-1-3-8-19/h1-5,7-10,24-25H,6,11-18H2/t22-/m1/s1. The molecule has 0 radical (unpaired) electrons. The second-order valence-electron chi connectivity index (χ2n) is 7.20. The highest BCUT2D eigenvalue weighted by Gasteiger charge is 2.29. The first-order valence-corrected chi connectivity index (χ1v) is 9.49. The first-order chi connectivity index (χ1) is 12.7. The molecular formula is C22H29NO3. The molecule has 0 saturated carbocycles. The Morgan fingerprint density at radius 1 is 0.962 bits per heavy atom. The Bertz CT molecular complexity index is 676. The fourth-order valence-corrected chi connectivity index (χ4v) is 3.49. The van der Waals surface area contributed by atoms with Gasteiger partial charge in [-0.2, -0.15) is 0 Å². The number of ether oxygens (including phenoxy) is 1. The Morgan fingerprint density at radius 2 is 1.73 bits per heavy atom. The maximum atomic E-state index is 10.3. The van der Waals surface area contributed by atoms with Crippen molar-refractivity contribution in [3.8, 4) is 5.75 Å². The van der Waals surface area contributed by atoms with Gasteiger partial charge in [-0.05, 0) is 37.4 Å². The summed E-state index contributed by atoms with van der Waals surface area (Å²) in [5.41, 5.74) is 1.54. The maximum absolute atomic E-state index is 10.3. The summed E-state index contributed by atoms with van der Waals surface area (Å²) in [6, 6.07) is 18.6. The number of nitrogens with zero attached hydrogens (tertiary/aromatic N) is 1. The summed E-state index contributed by atoms with van der Waals surface area (Å²) in [4.78, 5) is 2.34. The summed E-state index contributed by atoms with van der Waals surface area (Å²) in [5.74, 6) is 0.935. The average Bonchev–Trinajstić information content (AvgIpc) is 2.86. The van der Waals surface area contributed by atoms with Crippen molar-refractivity contribution in [2.45, 2.75) is 37.8 Å². The van der Waals surface area contributed by atoms with Crippen LogP contribution < -0.4 is 4.74 Å². The normalized spacial score (nSPS) is 21.3. The monoisotopic (exact) mass is 355 g/mol. The quantitative estimate of drug-likeness (QED) is 0.802. The molecule has 140 valence electrons. The van der Waals surface area contributed by atoms with E-state index in [1.54, 1.807) is 0 Å². The Balaban J connectivity index is 1.57. The third kappa shape index (κ3) is 5.31. The van der Waals surface area contributed by atoms with E-state index in [4.69, 9.17) is 4.74 Å². The van der Waals surface area contributed by atoms with Gasteiger partial charge in [-0.25, -0.2) is 0 Å². The fraction of sp³-hybridized carbons (Fsp3) is 0.455. The van der Waals surface area contributed by atoms with Crippen LogP contribution in [0.2, 0.25) is 0 Å². The minimum Gasteiger partial charge on any atom is -0.493 e. The third-order valence-corrected chi connectivity index (χ3v) is 5.16. The molecule has 0 aliphatic carbocycles. The van der Waals surface area contributed by atoms with E-state index in [1.807, 2.05) is 24.3 Å². The first kappa shape index (κ1) is 18.9. The molecule has 0 bridgehead atoms. The topological polar surface area (TPSA) is 52.9 Å². The van der Waals surface area contributed by atoms with Gasteiger partial charge >= 0.3 is 0 Å². The number of hydrogen-bond acceptors (Lipinski definition) is 4. The Hall–Kier alpha value is -1.88. The fourth-order valence-electron chi connectivity index (χ4n) is 3.49.